The number of carboxylic acid groups (broad SMARTS) is 1. The molecule has 0 amide bonds. The molecule has 0 radical (unpaired) electrons. The van der Waals surface area contributed by atoms with Crippen molar-refractivity contribution in [2.75, 3.05) is 13.7 Å². The Bertz CT molecular complexity index is 630. The van der Waals surface area contributed by atoms with Gasteiger partial charge in [-0.05, 0) is 18.9 Å². The van der Waals surface area contributed by atoms with E-state index in [2.05, 4.69) is 4.74 Å². The highest BCUT2D eigenvalue weighted by molar-refractivity contribution is 6.31. The molecule has 1 aliphatic rings. The van der Waals surface area contributed by atoms with Crippen LogP contribution in [-0.2, 0) is 23.8 Å². The van der Waals surface area contributed by atoms with Crippen LogP contribution in [-0.4, -0.2) is 36.9 Å². The summed E-state index contributed by atoms with van der Waals surface area (Å²) in [5, 5.41) is 9.92. The number of methoxy groups -OCH3 is 1. The lowest BCUT2D eigenvalue weighted by atomic mass is 9.97. The molecule has 136 valence electrons. The first kappa shape index (κ1) is 19.4. The Morgan fingerprint density at radius 1 is 1.36 bits per heavy atom. The van der Waals surface area contributed by atoms with Crippen molar-refractivity contribution in [3.05, 3.63) is 47.0 Å². The lowest BCUT2D eigenvalue weighted by Crippen LogP contribution is -2.41. The second-order valence-corrected chi connectivity index (χ2v) is 6.07. The molecule has 3 atom stereocenters. The van der Waals surface area contributed by atoms with Gasteiger partial charge >= 0.3 is 11.9 Å². The van der Waals surface area contributed by atoms with Gasteiger partial charge in [-0.25, -0.2) is 4.79 Å². The number of rotatable bonds is 7. The maximum absolute atomic E-state index is 11.5. The lowest BCUT2D eigenvalue weighted by Gasteiger charge is -2.34. The highest BCUT2D eigenvalue weighted by Crippen LogP contribution is 2.34. The van der Waals surface area contributed by atoms with Gasteiger partial charge in [-0.2, -0.15) is 0 Å². The molecule has 6 nitrogen and oxygen atoms in total. The van der Waals surface area contributed by atoms with Crippen LogP contribution in [0.25, 0.3) is 0 Å². The standard InChI is InChI=1S/C18H21ClO6/c1-23-15(20)10-4-2-3-7-12-11-24-18(25-16(12)17(21)22)13-8-5-6-9-14(13)19/h2-3,5-6,8-9,12,16,18H,4,7,10-11H2,1H3,(H,21,22)/b3-2-/t12-,16+,18+/m0/s1. The minimum atomic E-state index is -1.03. The molecule has 1 saturated heterocycles. The minimum absolute atomic E-state index is 0.244. The molecule has 1 aromatic rings. The Balaban J connectivity index is 1.93. The molecule has 0 spiro atoms. The molecular weight excluding hydrogens is 348 g/mol. The molecule has 0 aliphatic carbocycles. The van der Waals surface area contributed by atoms with Crippen molar-refractivity contribution >= 4 is 23.5 Å². The van der Waals surface area contributed by atoms with E-state index in [0.717, 1.165) is 0 Å². The predicted octanol–water partition coefficient (Wildman–Crippen LogP) is 3.35. The largest absolute Gasteiger partial charge is 0.479 e. The summed E-state index contributed by atoms with van der Waals surface area (Å²) >= 11 is 6.12. The molecular formula is C18H21ClO6. The van der Waals surface area contributed by atoms with Gasteiger partial charge in [0.2, 0.25) is 0 Å². The summed E-state index contributed by atoms with van der Waals surface area (Å²) in [6.45, 7) is 0.244. The summed E-state index contributed by atoms with van der Waals surface area (Å²) in [6, 6.07) is 7.03. The third-order valence-corrected chi connectivity index (χ3v) is 4.26. The summed E-state index contributed by atoms with van der Waals surface area (Å²) in [7, 11) is 1.34. The van der Waals surface area contributed by atoms with Crippen LogP contribution in [0.4, 0.5) is 0 Å². The second-order valence-electron chi connectivity index (χ2n) is 5.66. The first-order valence-corrected chi connectivity index (χ1v) is 8.36. The Hall–Kier alpha value is -1.89. The zero-order valence-electron chi connectivity index (χ0n) is 13.9. The summed E-state index contributed by atoms with van der Waals surface area (Å²) in [6.07, 6.45) is 3.20. The van der Waals surface area contributed by atoms with Crippen molar-refractivity contribution in [2.24, 2.45) is 5.92 Å². The van der Waals surface area contributed by atoms with Crippen LogP contribution >= 0.6 is 11.6 Å². The van der Waals surface area contributed by atoms with Crippen LogP contribution in [0, 0.1) is 5.92 Å². The van der Waals surface area contributed by atoms with Gasteiger partial charge in [0, 0.05) is 22.9 Å². The van der Waals surface area contributed by atoms with Crippen molar-refractivity contribution in [3.8, 4) is 0 Å². The van der Waals surface area contributed by atoms with Crippen molar-refractivity contribution in [3.63, 3.8) is 0 Å². The summed E-state index contributed by atoms with van der Waals surface area (Å²) in [5.74, 6) is -1.63. The third-order valence-electron chi connectivity index (χ3n) is 3.91. The van der Waals surface area contributed by atoms with E-state index in [0.29, 0.717) is 29.8 Å². The average molecular weight is 369 g/mol. The van der Waals surface area contributed by atoms with Gasteiger partial charge in [0.15, 0.2) is 12.4 Å². The van der Waals surface area contributed by atoms with Crippen LogP contribution in [0.1, 0.15) is 31.1 Å². The fourth-order valence-corrected chi connectivity index (χ4v) is 2.78. The van der Waals surface area contributed by atoms with Gasteiger partial charge in [0.05, 0.1) is 13.7 Å². The van der Waals surface area contributed by atoms with Gasteiger partial charge in [-0.15, -0.1) is 0 Å². The summed E-state index contributed by atoms with van der Waals surface area (Å²) in [4.78, 5) is 22.6. The second kappa shape index (κ2) is 9.56. The minimum Gasteiger partial charge on any atom is -0.479 e. The van der Waals surface area contributed by atoms with E-state index in [1.165, 1.54) is 7.11 Å². The number of carbonyl (C=O) groups excluding carboxylic acids is 1. The number of esters is 1. The van der Waals surface area contributed by atoms with Crippen LogP contribution in [0.15, 0.2) is 36.4 Å². The molecule has 1 aromatic carbocycles. The third kappa shape index (κ3) is 5.56. The molecule has 1 aliphatic heterocycles. The van der Waals surface area contributed by atoms with E-state index in [4.69, 9.17) is 21.1 Å². The number of aliphatic carboxylic acids is 1. The molecule has 1 fully saturated rings. The number of allylic oxidation sites excluding steroid dienone is 2. The monoisotopic (exact) mass is 368 g/mol. The average Bonchev–Trinajstić information content (AvgIpc) is 2.61. The number of hydrogen-bond donors (Lipinski definition) is 1. The molecule has 0 unspecified atom stereocenters. The number of carboxylic acids is 1. The van der Waals surface area contributed by atoms with Crippen molar-refractivity contribution < 1.29 is 28.9 Å². The van der Waals surface area contributed by atoms with E-state index in [-0.39, 0.29) is 18.5 Å². The zero-order valence-corrected chi connectivity index (χ0v) is 14.6. The van der Waals surface area contributed by atoms with E-state index in [1.807, 2.05) is 12.2 Å². The number of hydrogen-bond acceptors (Lipinski definition) is 5. The van der Waals surface area contributed by atoms with Crippen LogP contribution in [0.5, 0.6) is 0 Å². The fourth-order valence-electron chi connectivity index (χ4n) is 2.55. The van der Waals surface area contributed by atoms with Crippen molar-refractivity contribution in [1.29, 1.82) is 0 Å². The van der Waals surface area contributed by atoms with Crippen molar-refractivity contribution in [2.45, 2.75) is 31.7 Å². The first-order chi connectivity index (χ1) is 12.0. The predicted molar refractivity (Wildman–Crippen MR) is 91.2 cm³/mol. The molecule has 7 heteroatoms. The van der Waals surface area contributed by atoms with E-state index >= 15 is 0 Å². The van der Waals surface area contributed by atoms with E-state index < -0.39 is 18.4 Å². The number of halogens is 1. The number of benzene rings is 1. The molecule has 0 saturated carbocycles. The maximum atomic E-state index is 11.5. The first-order valence-electron chi connectivity index (χ1n) is 7.99. The van der Waals surface area contributed by atoms with E-state index in [9.17, 15) is 14.7 Å². The Kier molecular flexibility index (Phi) is 7.43. The molecule has 2 rings (SSSR count). The Morgan fingerprint density at radius 3 is 2.80 bits per heavy atom. The molecule has 1 heterocycles. The van der Waals surface area contributed by atoms with Crippen LogP contribution < -0.4 is 0 Å². The highest BCUT2D eigenvalue weighted by Gasteiger charge is 2.37. The SMILES string of the molecule is COC(=O)CC/C=C\C[C@H]1CO[C@@H](c2ccccc2Cl)O[C@H]1C(=O)O. The van der Waals surface area contributed by atoms with Crippen LogP contribution in [0.2, 0.25) is 5.02 Å². The lowest BCUT2D eigenvalue weighted by molar-refractivity contribution is -0.243. The molecule has 0 bridgehead atoms. The number of carbonyl (C=O) groups is 2. The van der Waals surface area contributed by atoms with Crippen molar-refractivity contribution in [1.82, 2.24) is 0 Å². The smallest absolute Gasteiger partial charge is 0.333 e. The Morgan fingerprint density at radius 2 is 2.12 bits per heavy atom. The Labute approximate surface area is 151 Å². The van der Waals surface area contributed by atoms with Gasteiger partial charge in [-0.1, -0.05) is 42.0 Å². The molecule has 0 aromatic heterocycles. The van der Waals surface area contributed by atoms with Crippen LogP contribution in [0.3, 0.4) is 0 Å². The quantitative estimate of drug-likeness (QED) is 0.587. The fraction of sp³-hybridized carbons (Fsp3) is 0.444. The topological polar surface area (TPSA) is 82.1 Å². The normalized spacial score (nSPS) is 23.5. The zero-order chi connectivity index (χ0) is 18.2. The van der Waals surface area contributed by atoms with Gasteiger partial charge < -0.3 is 19.3 Å². The summed E-state index contributed by atoms with van der Waals surface area (Å²) < 4.78 is 15.9. The molecule has 25 heavy (non-hydrogen) atoms. The van der Waals surface area contributed by atoms with Gasteiger partial charge in [0.25, 0.3) is 0 Å². The van der Waals surface area contributed by atoms with Gasteiger partial charge in [0.1, 0.15) is 0 Å². The molecule has 1 N–H and O–H groups in total. The maximum Gasteiger partial charge on any atom is 0.333 e. The highest BCUT2D eigenvalue weighted by atomic mass is 35.5. The van der Waals surface area contributed by atoms with E-state index in [1.54, 1.807) is 24.3 Å². The summed E-state index contributed by atoms with van der Waals surface area (Å²) in [5.41, 5.74) is 0.613. The van der Waals surface area contributed by atoms with Gasteiger partial charge in [-0.3, -0.25) is 4.79 Å². The number of ether oxygens (including phenoxy) is 3.